The van der Waals surface area contributed by atoms with Gasteiger partial charge in [-0.2, -0.15) is 0 Å². The zero-order valence-electron chi connectivity index (χ0n) is 12.6. The van der Waals surface area contributed by atoms with Crippen molar-refractivity contribution in [3.05, 3.63) is 35.9 Å². The summed E-state index contributed by atoms with van der Waals surface area (Å²) in [5, 5.41) is 14.3. The summed E-state index contributed by atoms with van der Waals surface area (Å²) in [5.74, 6) is -1.10. The monoisotopic (exact) mass is 292 g/mol. The summed E-state index contributed by atoms with van der Waals surface area (Å²) in [7, 11) is 0. The third-order valence-corrected chi connectivity index (χ3v) is 3.54. The number of aryl methyl sites for hydroxylation is 1. The lowest BCUT2D eigenvalue weighted by atomic mass is 9.99. The third-order valence-electron chi connectivity index (χ3n) is 3.54. The SMILES string of the molecule is CCC(C)[C@H](NC(=O)NCCCc1ccccc1)C(=O)O. The minimum atomic E-state index is -0.996. The lowest BCUT2D eigenvalue weighted by Crippen LogP contribution is -2.49. The molecule has 0 aliphatic heterocycles. The Morgan fingerprint density at radius 3 is 2.48 bits per heavy atom. The average Bonchev–Trinajstić information content (AvgIpc) is 2.49. The van der Waals surface area contributed by atoms with Crippen LogP contribution in [0, 0.1) is 5.92 Å². The maximum absolute atomic E-state index is 11.7. The lowest BCUT2D eigenvalue weighted by Gasteiger charge is -2.20. The maximum atomic E-state index is 11.7. The second-order valence-corrected chi connectivity index (χ2v) is 5.19. The molecule has 116 valence electrons. The van der Waals surface area contributed by atoms with E-state index in [1.807, 2.05) is 44.2 Å². The zero-order chi connectivity index (χ0) is 15.7. The highest BCUT2D eigenvalue weighted by Crippen LogP contribution is 2.07. The number of nitrogens with one attached hydrogen (secondary N) is 2. The van der Waals surface area contributed by atoms with Gasteiger partial charge in [0.1, 0.15) is 6.04 Å². The standard InChI is InChI=1S/C16H24N2O3/c1-3-12(2)14(15(19)20)18-16(21)17-11-7-10-13-8-5-4-6-9-13/h4-6,8-9,12,14H,3,7,10-11H2,1-2H3,(H,19,20)(H2,17,18,21)/t12?,14-/m0/s1. The van der Waals surface area contributed by atoms with Gasteiger partial charge in [0.25, 0.3) is 0 Å². The second-order valence-electron chi connectivity index (χ2n) is 5.19. The maximum Gasteiger partial charge on any atom is 0.326 e. The van der Waals surface area contributed by atoms with Crippen molar-refractivity contribution >= 4 is 12.0 Å². The highest BCUT2D eigenvalue weighted by molar-refractivity contribution is 5.82. The van der Waals surface area contributed by atoms with Crippen LogP contribution >= 0.6 is 0 Å². The molecule has 0 fully saturated rings. The number of rotatable bonds is 8. The molecule has 1 aromatic carbocycles. The number of carboxylic acid groups (broad SMARTS) is 1. The Morgan fingerprint density at radius 2 is 1.90 bits per heavy atom. The van der Waals surface area contributed by atoms with Gasteiger partial charge < -0.3 is 15.7 Å². The minimum absolute atomic E-state index is 0.0995. The Bertz CT molecular complexity index is 448. The van der Waals surface area contributed by atoms with Crippen molar-refractivity contribution in [2.75, 3.05) is 6.54 Å². The van der Waals surface area contributed by atoms with Crippen LogP contribution in [-0.2, 0) is 11.2 Å². The van der Waals surface area contributed by atoms with Gasteiger partial charge >= 0.3 is 12.0 Å². The van der Waals surface area contributed by atoms with Crippen molar-refractivity contribution in [1.82, 2.24) is 10.6 Å². The molecule has 1 unspecified atom stereocenters. The Hall–Kier alpha value is -2.04. The summed E-state index contributed by atoms with van der Waals surface area (Å²) in [6, 6.07) is 8.76. The van der Waals surface area contributed by atoms with E-state index in [0.717, 1.165) is 12.8 Å². The second kappa shape index (κ2) is 9.00. The lowest BCUT2D eigenvalue weighted by molar-refractivity contribution is -0.140. The van der Waals surface area contributed by atoms with Crippen LogP contribution in [0.1, 0.15) is 32.3 Å². The molecule has 0 aliphatic carbocycles. The number of carboxylic acids is 1. The van der Waals surface area contributed by atoms with Crippen LogP contribution in [-0.4, -0.2) is 29.7 Å². The van der Waals surface area contributed by atoms with E-state index in [4.69, 9.17) is 5.11 Å². The largest absolute Gasteiger partial charge is 0.480 e. The van der Waals surface area contributed by atoms with Crippen LogP contribution < -0.4 is 10.6 Å². The first-order chi connectivity index (χ1) is 10.0. The minimum Gasteiger partial charge on any atom is -0.480 e. The molecule has 21 heavy (non-hydrogen) atoms. The summed E-state index contributed by atoms with van der Waals surface area (Å²) in [4.78, 5) is 22.8. The predicted molar refractivity (Wildman–Crippen MR) is 82.2 cm³/mol. The highest BCUT2D eigenvalue weighted by atomic mass is 16.4. The smallest absolute Gasteiger partial charge is 0.326 e. The van der Waals surface area contributed by atoms with Gasteiger partial charge in [-0.15, -0.1) is 0 Å². The van der Waals surface area contributed by atoms with Gasteiger partial charge in [-0.05, 0) is 24.3 Å². The fourth-order valence-corrected chi connectivity index (χ4v) is 2.01. The third kappa shape index (κ3) is 6.29. The molecule has 0 aliphatic rings. The van der Waals surface area contributed by atoms with Crippen molar-refractivity contribution in [3.63, 3.8) is 0 Å². The van der Waals surface area contributed by atoms with Crippen LogP contribution in [0.5, 0.6) is 0 Å². The van der Waals surface area contributed by atoms with Crippen molar-refractivity contribution in [2.24, 2.45) is 5.92 Å². The van der Waals surface area contributed by atoms with Crippen molar-refractivity contribution in [2.45, 2.75) is 39.2 Å². The quantitative estimate of drug-likeness (QED) is 0.644. The first-order valence-electron chi connectivity index (χ1n) is 7.35. The molecule has 3 N–H and O–H groups in total. The molecule has 0 saturated heterocycles. The topological polar surface area (TPSA) is 78.4 Å². The molecule has 0 bridgehead atoms. The van der Waals surface area contributed by atoms with E-state index in [9.17, 15) is 9.59 Å². The summed E-state index contributed by atoms with van der Waals surface area (Å²) >= 11 is 0. The molecule has 2 amide bonds. The zero-order valence-corrected chi connectivity index (χ0v) is 12.6. The average molecular weight is 292 g/mol. The van der Waals surface area contributed by atoms with Gasteiger partial charge in [0.05, 0.1) is 0 Å². The first kappa shape index (κ1) is 17.0. The number of benzene rings is 1. The van der Waals surface area contributed by atoms with E-state index in [1.165, 1.54) is 5.56 Å². The number of hydrogen-bond donors (Lipinski definition) is 3. The molecule has 5 heteroatoms. The Kier molecular flexibility index (Phi) is 7.29. The summed E-state index contributed by atoms with van der Waals surface area (Å²) in [6.45, 7) is 4.24. The molecule has 1 rings (SSSR count). The van der Waals surface area contributed by atoms with Gasteiger partial charge in [0.15, 0.2) is 0 Å². The van der Waals surface area contributed by atoms with Crippen molar-refractivity contribution in [1.29, 1.82) is 0 Å². The van der Waals surface area contributed by atoms with Gasteiger partial charge in [0, 0.05) is 6.54 Å². The van der Waals surface area contributed by atoms with E-state index in [2.05, 4.69) is 10.6 Å². The molecule has 0 saturated carbocycles. The first-order valence-corrected chi connectivity index (χ1v) is 7.35. The molecule has 0 aromatic heterocycles. The Labute approximate surface area is 125 Å². The number of urea groups is 1. The van der Waals surface area contributed by atoms with Gasteiger partial charge in [-0.1, -0.05) is 50.6 Å². The number of aliphatic carboxylic acids is 1. The Balaban J connectivity index is 2.28. The molecule has 0 radical (unpaired) electrons. The Morgan fingerprint density at radius 1 is 1.24 bits per heavy atom. The van der Waals surface area contributed by atoms with E-state index >= 15 is 0 Å². The van der Waals surface area contributed by atoms with Crippen LogP contribution in [0.25, 0.3) is 0 Å². The van der Waals surface area contributed by atoms with E-state index in [1.54, 1.807) is 0 Å². The van der Waals surface area contributed by atoms with Crippen LogP contribution in [0.15, 0.2) is 30.3 Å². The molecule has 1 aromatic rings. The van der Waals surface area contributed by atoms with Crippen molar-refractivity contribution in [3.8, 4) is 0 Å². The number of hydrogen-bond acceptors (Lipinski definition) is 2. The van der Waals surface area contributed by atoms with E-state index < -0.39 is 18.0 Å². The summed E-state index contributed by atoms with van der Waals surface area (Å²) in [6.07, 6.45) is 2.40. The van der Waals surface area contributed by atoms with E-state index in [0.29, 0.717) is 13.0 Å². The summed E-state index contributed by atoms with van der Waals surface area (Å²) in [5.41, 5.74) is 1.22. The van der Waals surface area contributed by atoms with Gasteiger partial charge in [-0.3, -0.25) is 0 Å². The van der Waals surface area contributed by atoms with Crippen molar-refractivity contribution < 1.29 is 14.7 Å². The number of amides is 2. The summed E-state index contributed by atoms with van der Waals surface area (Å²) < 4.78 is 0. The predicted octanol–water partition coefficient (Wildman–Crippen LogP) is 2.42. The fraction of sp³-hybridized carbons (Fsp3) is 0.500. The fourth-order valence-electron chi connectivity index (χ4n) is 2.01. The molecule has 0 heterocycles. The van der Waals surface area contributed by atoms with Crippen LogP contribution in [0.4, 0.5) is 4.79 Å². The molecular formula is C16H24N2O3. The molecular weight excluding hydrogens is 268 g/mol. The molecule has 2 atom stereocenters. The van der Waals surface area contributed by atoms with Crippen LogP contribution in [0.3, 0.4) is 0 Å². The van der Waals surface area contributed by atoms with Gasteiger partial charge in [0.2, 0.25) is 0 Å². The van der Waals surface area contributed by atoms with Crippen LogP contribution in [0.2, 0.25) is 0 Å². The number of carbonyl (C=O) groups excluding carboxylic acids is 1. The van der Waals surface area contributed by atoms with Gasteiger partial charge in [-0.25, -0.2) is 9.59 Å². The highest BCUT2D eigenvalue weighted by Gasteiger charge is 2.24. The van der Waals surface area contributed by atoms with E-state index in [-0.39, 0.29) is 5.92 Å². The number of carbonyl (C=O) groups is 2. The normalized spacial score (nSPS) is 13.2. The molecule has 0 spiro atoms. The molecule has 5 nitrogen and oxygen atoms in total.